The molecule has 0 heterocycles. The fourth-order valence-corrected chi connectivity index (χ4v) is 3.78. The highest BCUT2D eigenvalue weighted by atomic mass is 16.3. The Morgan fingerprint density at radius 1 is 0.808 bits per heavy atom. The van der Waals surface area contributed by atoms with Crippen LogP contribution in [-0.2, 0) is 0 Å². The van der Waals surface area contributed by atoms with Crippen LogP contribution in [0.1, 0.15) is 42.7 Å². The van der Waals surface area contributed by atoms with E-state index < -0.39 is 0 Å². The van der Waals surface area contributed by atoms with Crippen LogP contribution < -0.4 is 0 Å². The zero-order valence-corrected chi connectivity index (χ0v) is 14.8. The van der Waals surface area contributed by atoms with Gasteiger partial charge in [-0.05, 0) is 59.7 Å². The van der Waals surface area contributed by atoms with Crippen LogP contribution in [0.25, 0.3) is 11.1 Å². The quantitative estimate of drug-likeness (QED) is 0.542. The highest BCUT2D eigenvalue weighted by Gasteiger charge is 2.22. The molecule has 0 aromatic heterocycles. The maximum absolute atomic E-state index is 10.9. The van der Waals surface area contributed by atoms with Crippen molar-refractivity contribution in [3.05, 3.63) is 83.9 Å². The molecule has 1 saturated carbocycles. The third-order valence-corrected chi connectivity index (χ3v) is 5.18. The summed E-state index contributed by atoms with van der Waals surface area (Å²) in [5.41, 5.74) is 5.05. The van der Waals surface area contributed by atoms with E-state index >= 15 is 0 Å². The Bertz CT molecular complexity index is 894. The summed E-state index contributed by atoms with van der Waals surface area (Å²) >= 11 is 0. The Morgan fingerprint density at radius 2 is 1.46 bits per heavy atom. The second-order valence-corrected chi connectivity index (χ2v) is 6.94. The number of hydrogen-bond donors (Lipinski definition) is 1. The van der Waals surface area contributed by atoms with Crippen LogP contribution in [-0.4, -0.2) is 11.3 Å². The standard InChI is InChI=1S/C24H23NO/c26-24-21(17-25-22-13-5-2-6-14-22)15-20(18-9-3-1-4-10-18)16-23(24)19-11-7-8-12-19/h1-6,9-10,13-17,19,26H,7-8,11-12H2. The Labute approximate surface area is 154 Å². The number of phenolic OH excluding ortho intramolecular Hbond substituents is 1. The lowest BCUT2D eigenvalue weighted by atomic mass is 9.90. The van der Waals surface area contributed by atoms with Gasteiger partial charge in [0, 0.05) is 11.8 Å². The molecule has 3 aromatic carbocycles. The fraction of sp³-hybridized carbons (Fsp3) is 0.208. The van der Waals surface area contributed by atoms with E-state index in [9.17, 15) is 5.11 Å². The second kappa shape index (κ2) is 7.57. The minimum Gasteiger partial charge on any atom is -0.507 e. The number of para-hydroxylation sites is 1. The molecular formula is C24H23NO. The summed E-state index contributed by atoms with van der Waals surface area (Å²) in [6.07, 6.45) is 6.58. The molecule has 3 aromatic rings. The predicted octanol–water partition coefficient (Wildman–Crippen LogP) is 6.47. The lowest BCUT2D eigenvalue weighted by Gasteiger charge is -2.16. The molecule has 0 radical (unpaired) electrons. The molecule has 0 spiro atoms. The summed E-state index contributed by atoms with van der Waals surface area (Å²) in [6, 6.07) is 24.4. The molecule has 1 aliphatic carbocycles. The number of hydrogen-bond acceptors (Lipinski definition) is 2. The number of benzene rings is 3. The summed E-state index contributed by atoms with van der Waals surface area (Å²) in [6.45, 7) is 0. The minimum absolute atomic E-state index is 0.385. The van der Waals surface area contributed by atoms with Gasteiger partial charge in [0.1, 0.15) is 5.75 Å². The van der Waals surface area contributed by atoms with Crippen molar-refractivity contribution in [2.24, 2.45) is 4.99 Å². The van der Waals surface area contributed by atoms with Gasteiger partial charge < -0.3 is 5.11 Å². The van der Waals surface area contributed by atoms with Crippen LogP contribution in [0.15, 0.2) is 77.8 Å². The van der Waals surface area contributed by atoms with E-state index in [1.54, 1.807) is 6.21 Å². The first-order chi connectivity index (χ1) is 12.8. The molecule has 130 valence electrons. The summed E-state index contributed by atoms with van der Waals surface area (Å²) in [7, 11) is 0. The number of aliphatic imine (C=N–C) groups is 1. The van der Waals surface area contributed by atoms with E-state index in [-0.39, 0.29) is 0 Å². The Morgan fingerprint density at radius 3 is 2.15 bits per heavy atom. The molecule has 1 N–H and O–H groups in total. The first-order valence-electron chi connectivity index (χ1n) is 9.33. The number of aromatic hydroxyl groups is 1. The molecular weight excluding hydrogens is 318 g/mol. The van der Waals surface area contributed by atoms with E-state index in [2.05, 4.69) is 35.3 Å². The molecule has 0 unspecified atom stereocenters. The molecule has 2 nitrogen and oxygen atoms in total. The van der Waals surface area contributed by atoms with Gasteiger partial charge in [0.15, 0.2) is 0 Å². The van der Waals surface area contributed by atoms with Gasteiger partial charge in [0.25, 0.3) is 0 Å². The van der Waals surface area contributed by atoms with E-state index in [4.69, 9.17) is 0 Å². The van der Waals surface area contributed by atoms with Gasteiger partial charge in [-0.3, -0.25) is 4.99 Å². The van der Waals surface area contributed by atoms with E-state index in [1.807, 2.05) is 42.5 Å². The number of nitrogens with zero attached hydrogens (tertiary/aromatic N) is 1. The Kier molecular flexibility index (Phi) is 4.83. The zero-order chi connectivity index (χ0) is 17.8. The van der Waals surface area contributed by atoms with Gasteiger partial charge in [0.05, 0.1) is 5.69 Å². The topological polar surface area (TPSA) is 32.6 Å². The first-order valence-corrected chi connectivity index (χ1v) is 9.33. The Hall–Kier alpha value is -2.87. The third-order valence-electron chi connectivity index (χ3n) is 5.18. The molecule has 0 amide bonds. The summed E-state index contributed by atoms with van der Waals surface area (Å²) in [5.74, 6) is 0.832. The van der Waals surface area contributed by atoms with Crippen LogP contribution in [0.5, 0.6) is 5.75 Å². The number of phenols is 1. The van der Waals surface area contributed by atoms with Crippen LogP contribution in [0.4, 0.5) is 5.69 Å². The van der Waals surface area contributed by atoms with Crippen LogP contribution in [0, 0.1) is 0 Å². The smallest absolute Gasteiger partial charge is 0.127 e. The summed E-state index contributed by atoms with van der Waals surface area (Å²) in [5, 5.41) is 10.9. The molecule has 0 bridgehead atoms. The maximum atomic E-state index is 10.9. The second-order valence-electron chi connectivity index (χ2n) is 6.94. The van der Waals surface area contributed by atoms with Gasteiger partial charge >= 0.3 is 0 Å². The van der Waals surface area contributed by atoms with Crippen LogP contribution in [0.3, 0.4) is 0 Å². The summed E-state index contributed by atoms with van der Waals surface area (Å²) in [4.78, 5) is 4.55. The average Bonchev–Trinajstić information content (AvgIpc) is 3.23. The van der Waals surface area contributed by atoms with Crippen LogP contribution in [0.2, 0.25) is 0 Å². The lowest BCUT2D eigenvalue weighted by molar-refractivity contribution is 0.460. The van der Waals surface area contributed by atoms with Crippen molar-refractivity contribution in [2.45, 2.75) is 31.6 Å². The van der Waals surface area contributed by atoms with Crippen molar-refractivity contribution >= 4 is 11.9 Å². The molecule has 0 aliphatic heterocycles. The van der Waals surface area contributed by atoms with E-state index in [0.29, 0.717) is 11.7 Å². The fourth-order valence-electron chi connectivity index (χ4n) is 3.78. The maximum Gasteiger partial charge on any atom is 0.127 e. The normalized spacial score (nSPS) is 14.9. The molecule has 0 atom stereocenters. The predicted molar refractivity (Wildman–Crippen MR) is 108 cm³/mol. The molecule has 0 saturated heterocycles. The molecule has 1 fully saturated rings. The van der Waals surface area contributed by atoms with Gasteiger partial charge in [-0.25, -0.2) is 0 Å². The van der Waals surface area contributed by atoms with Crippen molar-refractivity contribution in [3.63, 3.8) is 0 Å². The SMILES string of the molecule is Oc1c(C=Nc2ccccc2)cc(-c2ccccc2)cc1C1CCCC1. The minimum atomic E-state index is 0.385. The Balaban J connectivity index is 1.78. The van der Waals surface area contributed by atoms with Crippen molar-refractivity contribution in [3.8, 4) is 16.9 Å². The van der Waals surface area contributed by atoms with Crippen molar-refractivity contribution in [2.75, 3.05) is 0 Å². The van der Waals surface area contributed by atoms with Gasteiger partial charge in [-0.1, -0.05) is 61.4 Å². The van der Waals surface area contributed by atoms with E-state index in [0.717, 1.165) is 35.2 Å². The molecule has 26 heavy (non-hydrogen) atoms. The lowest BCUT2D eigenvalue weighted by Crippen LogP contribution is -1.97. The molecule has 4 rings (SSSR count). The monoisotopic (exact) mass is 341 g/mol. The van der Waals surface area contributed by atoms with Crippen molar-refractivity contribution in [1.29, 1.82) is 0 Å². The highest BCUT2D eigenvalue weighted by molar-refractivity contribution is 5.88. The summed E-state index contributed by atoms with van der Waals surface area (Å²) < 4.78 is 0. The van der Waals surface area contributed by atoms with Crippen molar-refractivity contribution in [1.82, 2.24) is 0 Å². The third kappa shape index (κ3) is 3.55. The van der Waals surface area contributed by atoms with E-state index in [1.165, 1.54) is 18.4 Å². The zero-order valence-electron chi connectivity index (χ0n) is 14.8. The van der Waals surface area contributed by atoms with Gasteiger partial charge in [0.2, 0.25) is 0 Å². The van der Waals surface area contributed by atoms with Crippen LogP contribution >= 0.6 is 0 Å². The van der Waals surface area contributed by atoms with Gasteiger partial charge in [-0.2, -0.15) is 0 Å². The highest BCUT2D eigenvalue weighted by Crippen LogP contribution is 2.41. The average molecular weight is 341 g/mol. The first kappa shape index (κ1) is 16.6. The van der Waals surface area contributed by atoms with Crippen molar-refractivity contribution < 1.29 is 5.11 Å². The number of rotatable bonds is 4. The van der Waals surface area contributed by atoms with Gasteiger partial charge in [-0.15, -0.1) is 0 Å². The molecule has 1 aliphatic rings. The molecule has 2 heteroatoms. The largest absolute Gasteiger partial charge is 0.507 e.